The van der Waals surface area contributed by atoms with Crippen LogP contribution in [0, 0.1) is 13.8 Å². The van der Waals surface area contributed by atoms with E-state index in [9.17, 15) is 9.59 Å². The molecule has 0 saturated carbocycles. The van der Waals surface area contributed by atoms with Crippen molar-refractivity contribution in [1.29, 1.82) is 0 Å². The summed E-state index contributed by atoms with van der Waals surface area (Å²) in [5.41, 5.74) is 7.33. The van der Waals surface area contributed by atoms with Crippen molar-refractivity contribution in [1.82, 2.24) is 0 Å². The lowest BCUT2D eigenvalue weighted by atomic mass is 10.0. The van der Waals surface area contributed by atoms with Crippen LogP contribution >= 0.6 is 11.8 Å². The van der Waals surface area contributed by atoms with E-state index in [1.54, 1.807) is 4.90 Å². The van der Waals surface area contributed by atoms with E-state index in [4.69, 9.17) is 0 Å². The lowest BCUT2D eigenvalue weighted by molar-refractivity contribution is -0.114. The first-order valence-electron chi connectivity index (χ1n) is 12.6. The van der Waals surface area contributed by atoms with Gasteiger partial charge in [-0.25, -0.2) is 4.99 Å². The van der Waals surface area contributed by atoms with Crippen LogP contribution in [0.1, 0.15) is 54.5 Å². The fourth-order valence-corrected chi connectivity index (χ4v) is 4.97. The number of amidine groups is 1. The van der Waals surface area contributed by atoms with Crippen molar-refractivity contribution in [3.63, 3.8) is 0 Å². The molecule has 0 saturated heterocycles. The Bertz CT molecular complexity index is 1360. The molecule has 3 aromatic rings. The van der Waals surface area contributed by atoms with Gasteiger partial charge in [0.1, 0.15) is 5.70 Å². The maximum absolute atomic E-state index is 13.5. The molecule has 0 atom stereocenters. The number of carbonyl (C=O) groups excluding carboxylic acids is 2. The molecule has 0 fully saturated rings. The lowest BCUT2D eigenvalue weighted by Gasteiger charge is -2.18. The van der Waals surface area contributed by atoms with Crippen molar-refractivity contribution < 1.29 is 9.59 Å². The van der Waals surface area contributed by atoms with Gasteiger partial charge in [0.2, 0.25) is 5.91 Å². The summed E-state index contributed by atoms with van der Waals surface area (Å²) >= 11 is 1.26. The normalized spacial score (nSPS) is 14.4. The van der Waals surface area contributed by atoms with E-state index in [1.165, 1.54) is 17.3 Å². The second kappa shape index (κ2) is 11.6. The minimum absolute atomic E-state index is 0.130. The van der Waals surface area contributed by atoms with Gasteiger partial charge in [0.15, 0.2) is 5.17 Å². The Hall–Kier alpha value is -3.64. The molecule has 190 valence electrons. The van der Waals surface area contributed by atoms with E-state index in [2.05, 4.69) is 43.2 Å². The van der Waals surface area contributed by atoms with Gasteiger partial charge in [0.25, 0.3) is 5.91 Å². The number of carbonyl (C=O) groups is 2. The van der Waals surface area contributed by atoms with E-state index < -0.39 is 0 Å². The summed E-state index contributed by atoms with van der Waals surface area (Å²) in [6, 6.07) is 21.9. The van der Waals surface area contributed by atoms with E-state index in [-0.39, 0.29) is 17.6 Å². The van der Waals surface area contributed by atoms with Crippen LogP contribution in [0.4, 0.5) is 11.4 Å². The van der Waals surface area contributed by atoms with Crippen LogP contribution in [-0.2, 0) is 16.0 Å². The molecule has 6 heteroatoms. The van der Waals surface area contributed by atoms with Crippen molar-refractivity contribution in [3.05, 3.63) is 100 Å². The molecule has 1 N–H and O–H groups in total. The predicted molar refractivity (Wildman–Crippen MR) is 156 cm³/mol. The summed E-state index contributed by atoms with van der Waals surface area (Å²) in [5.74, 6) is 0.246. The Morgan fingerprint density at radius 1 is 1.03 bits per heavy atom. The summed E-state index contributed by atoms with van der Waals surface area (Å²) in [6.07, 6.45) is 2.64. The third-order valence-electron chi connectivity index (χ3n) is 6.37. The Kier molecular flexibility index (Phi) is 8.29. The average molecular weight is 512 g/mol. The second-order valence-electron chi connectivity index (χ2n) is 9.52. The molecule has 0 spiro atoms. The first-order valence-corrected chi connectivity index (χ1v) is 13.6. The number of benzene rings is 3. The number of thioether (sulfide) groups is 1. The molecule has 5 nitrogen and oxygen atoms in total. The Morgan fingerprint density at radius 2 is 1.73 bits per heavy atom. The lowest BCUT2D eigenvalue weighted by Crippen LogP contribution is -2.31. The average Bonchev–Trinajstić information content (AvgIpc) is 3.19. The third kappa shape index (κ3) is 6.20. The summed E-state index contributed by atoms with van der Waals surface area (Å²) in [6.45, 7) is 10.4. The van der Waals surface area contributed by atoms with Crippen LogP contribution in [0.5, 0.6) is 0 Å². The Morgan fingerprint density at radius 3 is 2.38 bits per heavy atom. The Labute approximate surface area is 223 Å². The molecule has 1 aliphatic heterocycles. The minimum atomic E-state index is -0.202. The van der Waals surface area contributed by atoms with Crippen LogP contribution < -0.4 is 10.2 Å². The van der Waals surface area contributed by atoms with Crippen molar-refractivity contribution in [2.24, 2.45) is 4.99 Å². The van der Waals surface area contributed by atoms with E-state index in [0.29, 0.717) is 16.8 Å². The molecule has 4 rings (SSSR count). The van der Waals surface area contributed by atoms with Crippen molar-refractivity contribution in [2.75, 3.05) is 16.0 Å². The van der Waals surface area contributed by atoms with Gasteiger partial charge in [0, 0.05) is 5.69 Å². The molecule has 1 heterocycles. The highest BCUT2D eigenvalue weighted by Gasteiger charge is 2.32. The number of para-hydroxylation sites is 1. The highest BCUT2D eigenvalue weighted by molar-refractivity contribution is 8.14. The molecular formula is C31H33N3O2S. The summed E-state index contributed by atoms with van der Waals surface area (Å²) in [7, 11) is 0. The summed E-state index contributed by atoms with van der Waals surface area (Å²) < 4.78 is 0. The zero-order valence-corrected chi connectivity index (χ0v) is 22.9. The number of hydrogen-bond donors (Lipinski definition) is 1. The monoisotopic (exact) mass is 511 g/mol. The number of rotatable bonds is 7. The molecule has 2 amide bonds. The van der Waals surface area contributed by atoms with Gasteiger partial charge in [-0.1, -0.05) is 92.7 Å². The number of hydrogen-bond acceptors (Lipinski definition) is 4. The minimum Gasteiger partial charge on any atom is -0.325 e. The maximum Gasteiger partial charge on any atom is 0.283 e. The molecule has 3 aromatic carbocycles. The predicted octanol–water partition coefficient (Wildman–Crippen LogP) is 7.10. The topological polar surface area (TPSA) is 61.8 Å². The van der Waals surface area contributed by atoms with Gasteiger partial charge in [-0.15, -0.1) is 0 Å². The number of amides is 2. The van der Waals surface area contributed by atoms with Gasteiger partial charge < -0.3 is 5.32 Å². The largest absolute Gasteiger partial charge is 0.325 e. The highest BCUT2D eigenvalue weighted by atomic mass is 32.2. The van der Waals surface area contributed by atoms with Gasteiger partial charge >= 0.3 is 0 Å². The molecule has 0 aromatic heterocycles. The van der Waals surface area contributed by atoms with Crippen LogP contribution in [0.3, 0.4) is 0 Å². The van der Waals surface area contributed by atoms with Gasteiger partial charge in [-0.2, -0.15) is 0 Å². The molecule has 37 heavy (non-hydrogen) atoms. The standard InChI is InChI=1S/C31H33N3O2S/c1-6-24-9-7-8-22(5)29(24)33-28(35)19-37-31-32-27(18-23-12-14-25(15-13-23)20(2)3)30(36)34(31)26-16-10-21(4)11-17-26/h7-18,20H,6,19H2,1-5H3,(H,33,35). The summed E-state index contributed by atoms with van der Waals surface area (Å²) in [5, 5.41) is 3.55. The van der Waals surface area contributed by atoms with Gasteiger partial charge in [0.05, 0.1) is 11.4 Å². The number of anilines is 2. The molecule has 0 aliphatic carbocycles. The van der Waals surface area contributed by atoms with Crippen molar-refractivity contribution >= 4 is 46.2 Å². The van der Waals surface area contributed by atoms with E-state index in [0.717, 1.165) is 40.0 Å². The summed E-state index contributed by atoms with van der Waals surface area (Å²) in [4.78, 5) is 32.7. The molecule has 0 radical (unpaired) electrons. The van der Waals surface area contributed by atoms with Crippen molar-refractivity contribution in [2.45, 2.75) is 47.0 Å². The smallest absolute Gasteiger partial charge is 0.283 e. The van der Waals surface area contributed by atoms with Gasteiger partial charge in [-0.05, 0) is 66.6 Å². The first-order chi connectivity index (χ1) is 17.8. The van der Waals surface area contributed by atoms with Crippen LogP contribution in [-0.4, -0.2) is 22.7 Å². The number of nitrogens with zero attached hydrogens (tertiary/aromatic N) is 2. The van der Waals surface area contributed by atoms with E-state index >= 15 is 0 Å². The van der Waals surface area contributed by atoms with Gasteiger partial charge in [-0.3, -0.25) is 14.5 Å². The molecule has 0 unspecified atom stereocenters. The van der Waals surface area contributed by atoms with E-state index in [1.807, 2.05) is 74.5 Å². The van der Waals surface area contributed by atoms with Crippen molar-refractivity contribution in [3.8, 4) is 0 Å². The molecule has 1 aliphatic rings. The quantitative estimate of drug-likeness (QED) is 0.344. The fraction of sp³-hybridized carbons (Fsp3) is 0.258. The zero-order chi connectivity index (χ0) is 26.5. The second-order valence-corrected chi connectivity index (χ2v) is 10.5. The highest BCUT2D eigenvalue weighted by Crippen LogP contribution is 2.30. The SMILES string of the molecule is CCc1cccc(C)c1NC(=O)CSC1=NC(=Cc2ccc(C(C)C)cc2)C(=O)N1c1ccc(C)cc1. The number of aryl methyl sites for hydroxylation is 3. The fourth-order valence-electron chi connectivity index (χ4n) is 4.16. The molecule has 0 bridgehead atoms. The zero-order valence-electron chi connectivity index (χ0n) is 22.0. The van der Waals surface area contributed by atoms with Crippen LogP contribution in [0.15, 0.2) is 77.4 Å². The number of aliphatic imine (C=N–C) groups is 1. The Balaban J connectivity index is 1.58. The third-order valence-corrected chi connectivity index (χ3v) is 7.30. The maximum atomic E-state index is 13.5. The molecular weight excluding hydrogens is 478 g/mol. The number of nitrogens with one attached hydrogen (secondary N) is 1. The van der Waals surface area contributed by atoms with Crippen LogP contribution in [0.2, 0.25) is 0 Å². The van der Waals surface area contributed by atoms with Crippen LogP contribution in [0.25, 0.3) is 6.08 Å². The first kappa shape index (κ1) is 26.4.